The lowest BCUT2D eigenvalue weighted by molar-refractivity contribution is -0.141. The Kier molecular flexibility index (Phi) is 8.19. The number of nitrogens with one attached hydrogen (secondary N) is 1. The fraction of sp³-hybridized carbons (Fsp3) is 0.857. The largest absolute Gasteiger partial charge is 0.481 e. The molecule has 0 rings (SSSR count). The first kappa shape index (κ1) is 17.7. The fourth-order valence-corrected chi connectivity index (χ4v) is 1.65. The molecule has 0 aromatic heterocycles. The van der Waals surface area contributed by atoms with Crippen LogP contribution in [0.2, 0.25) is 0 Å². The molecule has 1 amide bonds. The van der Waals surface area contributed by atoms with Crippen LogP contribution in [-0.2, 0) is 9.53 Å². The highest BCUT2D eigenvalue weighted by molar-refractivity contribution is 5.72. The van der Waals surface area contributed by atoms with Gasteiger partial charge in [0.25, 0.3) is 0 Å². The van der Waals surface area contributed by atoms with E-state index in [1.807, 2.05) is 0 Å². The summed E-state index contributed by atoms with van der Waals surface area (Å²) in [6, 6.07) is 0. The van der Waals surface area contributed by atoms with Crippen LogP contribution in [0.1, 0.15) is 59.8 Å². The zero-order chi connectivity index (χ0) is 14.9. The Bertz CT molecular complexity index is 284. The van der Waals surface area contributed by atoms with Gasteiger partial charge >= 0.3 is 12.1 Å². The number of ether oxygens (including phenoxy) is 1. The van der Waals surface area contributed by atoms with Gasteiger partial charge < -0.3 is 15.2 Å². The summed E-state index contributed by atoms with van der Waals surface area (Å²) in [5.74, 6) is -1.41. The molecule has 0 saturated carbocycles. The van der Waals surface area contributed by atoms with Gasteiger partial charge in [0, 0.05) is 6.54 Å². The van der Waals surface area contributed by atoms with E-state index in [2.05, 4.69) is 12.2 Å². The Morgan fingerprint density at radius 3 is 2.32 bits per heavy atom. The van der Waals surface area contributed by atoms with E-state index in [9.17, 15) is 9.59 Å². The minimum Gasteiger partial charge on any atom is -0.481 e. The Balaban J connectivity index is 4.01. The van der Waals surface area contributed by atoms with Crippen molar-refractivity contribution < 1.29 is 19.4 Å². The summed E-state index contributed by atoms with van der Waals surface area (Å²) >= 11 is 0. The second-order valence-electron chi connectivity index (χ2n) is 5.77. The van der Waals surface area contributed by atoms with Gasteiger partial charge in [-0.1, -0.05) is 32.6 Å². The number of amides is 1. The zero-order valence-electron chi connectivity index (χ0n) is 12.5. The molecule has 0 spiro atoms. The van der Waals surface area contributed by atoms with Gasteiger partial charge in [0.2, 0.25) is 0 Å². The maximum Gasteiger partial charge on any atom is 0.407 e. The molecule has 2 N–H and O–H groups in total. The molecular formula is C14H27NO4. The summed E-state index contributed by atoms with van der Waals surface area (Å²) in [7, 11) is 0. The minimum absolute atomic E-state index is 0.121. The standard InChI is InChI=1S/C14H27NO4/c1-5-6-7-8-9-11(12(16)17)10-15-13(18)19-14(2,3)4/h11H,5-10H2,1-4H3,(H,15,18)(H,16,17)/t11-/m0/s1. The number of rotatable bonds is 8. The molecule has 0 aliphatic rings. The average molecular weight is 273 g/mol. The lowest BCUT2D eigenvalue weighted by Crippen LogP contribution is -2.37. The molecule has 19 heavy (non-hydrogen) atoms. The smallest absolute Gasteiger partial charge is 0.407 e. The van der Waals surface area contributed by atoms with Crippen LogP contribution in [0.15, 0.2) is 0 Å². The van der Waals surface area contributed by atoms with Crippen molar-refractivity contribution in [2.24, 2.45) is 5.92 Å². The number of hydrogen-bond acceptors (Lipinski definition) is 3. The van der Waals surface area contributed by atoms with Gasteiger partial charge in [-0.3, -0.25) is 4.79 Å². The average Bonchev–Trinajstić information content (AvgIpc) is 2.25. The van der Waals surface area contributed by atoms with E-state index in [0.29, 0.717) is 6.42 Å². The lowest BCUT2D eigenvalue weighted by Gasteiger charge is -2.20. The van der Waals surface area contributed by atoms with Crippen molar-refractivity contribution in [1.82, 2.24) is 5.32 Å². The molecule has 1 atom stereocenters. The van der Waals surface area contributed by atoms with Crippen LogP contribution in [-0.4, -0.2) is 29.3 Å². The van der Waals surface area contributed by atoms with E-state index >= 15 is 0 Å². The van der Waals surface area contributed by atoms with Gasteiger partial charge in [-0.25, -0.2) is 4.79 Å². The molecule has 112 valence electrons. The van der Waals surface area contributed by atoms with Gasteiger partial charge in [0.15, 0.2) is 0 Å². The fourth-order valence-electron chi connectivity index (χ4n) is 1.65. The van der Waals surface area contributed by atoms with Crippen molar-refractivity contribution in [3.05, 3.63) is 0 Å². The predicted molar refractivity (Wildman–Crippen MR) is 74.1 cm³/mol. The Labute approximate surface area is 115 Å². The molecule has 0 aromatic rings. The number of unbranched alkanes of at least 4 members (excludes halogenated alkanes) is 3. The molecule has 0 radical (unpaired) electrons. The van der Waals surface area contributed by atoms with Crippen molar-refractivity contribution >= 4 is 12.1 Å². The first-order valence-electron chi connectivity index (χ1n) is 6.96. The van der Waals surface area contributed by atoms with Crippen LogP contribution < -0.4 is 5.32 Å². The van der Waals surface area contributed by atoms with Gasteiger partial charge in [-0.15, -0.1) is 0 Å². The van der Waals surface area contributed by atoms with Gasteiger partial charge in [0.1, 0.15) is 5.60 Å². The third kappa shape index (κ3) is 10.4. The Morgan fingerprint density at radius 1 is 1.21 bits per heavy atom. The van der Waals surface area contributed by atoms with Crippen LogP contribution in [0.3, 0.4) is 0 Å². The molecule has 0 bridgehead atoms. The van der Waals surface area contributed by atoms with Crippen molar-refractivity contribution in [2.75, 3.05) is 6.54 Å². The molecule has 0 aromatic carbocycles. The maximum atomic E-state index is 11.4. The van der Waals surface area contributed by atoms with Crippen LogP contribution in [0.25, 0.3) is 0 Å². The predicted octanol–water partition coefficient (Wildman–Crippen LogP) is 3.18. The number of alkyl carbamates (subject to hydrolysis) is 1. The molecule has 0 aliphatic heterocycles. The topological polar surface area (TPSA) is 75.6 Å². The number of carbonyl (C=O) groups excluding carboxylic acids is 1. The zero-order valence-corrected chi connectivity index (χ0v) is 12.5. The highest BCUT2D eigenvalue weighted by atomic mass is 16.6. The summed E-state index contributed by atoms with van der Waals surface area (Å²) in [6.07, 6.45) is 4.17. The van der Waals surface area contributed by atoms with Crippen molar-refractivity contribution in [3.63, 3.8) is 0 Å². The number of carbonyl (C=O) groups is 2. The van der Waals surface area contributed by atoms with E-state index in [0.717, 1.165) is 25.7 Å². The quantitative estimate of drug-likeness (QED) is 0.666. The third-order valence-electron chi connectivity index (χ3n) is 2.65. The molecule has 0 saturated heterocycles. The molecule has 0 aliphatic carbocycles. The molecule has 0 unspecified atom stereocenters. The van der Waals surface area contributed by atoms with Crippen LogP contribution in [0.5, 0.6) is 0 Å². The van der Waals surface area contributed by atoms with Crippen molar-refractivity contribution in [2.45, 2.75) is 65.4 Å². The summed E-state index contributed by atoms with van der Waals surface area (Å²) < 4.78 is 5.07. The van der Waals surface area contributed by atoms with E-state index < -0.39 is 23.6 Å². The number of carboxylic acid groups (broad SMARTS) is 1. The third-order valence-corrected chi connectivity index (χ3v) is 2.65. The highest BCUT2D eigenvalue weighted by Gasteiger charge is 2.20. The van der Waals surface area contributed by atoms with Gasteiger partial charge in [-0.05, 0) is 27.2 Å². The van der Waals surface area contributed by atoms with Crippen LogP contribution in [0.4, 0.5) is 4.79 Å². The van der Waals surface area contributed by atoms with Crippen molar-refractivity contribution in [1.29, 1.82) is 0 Å². The molecule has 0 fully saturated rings. The minimum atomic E-state index is -0.868. The summed E-state index contributed by atoms with van der Waals surface area (Å²) in [6.45, 7) is 7.54. The van der Waals surface area contributed by atoms with Crippen LogP contribution in [0, 0.1) is 5.92 Å². The second-order valence-corrected chi connectivity index (χ2v) is 5.77. The molecule has 5 heteroatoms. The number of hydrogen-bond donors (Lipinski definition) is 2. The van der Waals surface area contributed by atoms with E-state index in [1.54, 1.807) is 20.8 Å². The highest BCUT2D eigenvalue weighted by Crippen LogP contribution is 2.11. The van der Waals surface area contributed by atoms with E-state index in [-0.39, 0.29) is 6.54 Å². The van der Waals surface area contributed by atoms with Crippen LogP contribution >= 0.6 is 0 Å². The Hall–Kier alpha value is -1.26. The van der Waals surface area contributed by atoms with Crippen molar-refractivity contribution in [3.8, 4) is 0 Å². The van der Waals surface area contributed by atoms with Gasteiger partial charge in [0.05, 0.1) is 5.92 Å². The first-order chi connectivity index (χ1) is 8.76. The van der Waals surface area contributed by atoms with Gasteiger partial charge in [-0.2, -0.15) is 0 Å². The molecular weight excluding hydrogens is 246 g/mol. The second kappa shape index (κ2) is 8.77. The molecule has 5 nitrogen and oxygen atoms in total. The number of carboxylic acids is 1. The number of aliphatic carboxylic acids is 1. The Morgan fingerprint density at radius 2 is 1.84 bits per heavy atom. The summed E-state index contributed by atoms with van der Waals surface area (Å²) in [4.78, 5) is 22.5. The first-order valence-corrected chi connectivity index (χ1v) is 6.96. The lowest BCUT2D eigenvalue weighted by atomic mass is 10.0. The summed E-state index contributed by atoms with van der Waals surface area (Å²) in [5.41, 5.74) is -0.566. The monoisotopic (exact) mass is 273 g/mol. The summed E-state index contributed by atoms with van der Waals surface area (Å²) in [5, 5.41) is 11.6. The SMILES string of the molecule is CCCCCC[C@@H](CNC(=O)OC(C)(C)C)C(=O)O. The molecule has 0 heterocycles. The van der Waals surface area contributed by atoms with E-state index in [1.165, 1.54) is 0 Å². The maximum absolute atomic E-state index is 11.4. The normalized spacial score (nSPS) is 12.8. The van der Waals surface area contributed by atoms with E-state index in [4.69, 9.17) is 9.84 Å².